The van der Waals surface area contributed by atoms with Crippen LogP contribution in [0.5, 0.6) is 0 Å². The summed E-state index contributed by atoms with van der Waals surface area (Å²) in [5.41, 5.74) is 5.52. The summed E-state index contributed by atoms with van der Waals surface area (Å²) in [5, 5.41) is 15.8. The topological polar surface area (TPSA) is 70.6 Å². The van der Waals surface area contributed by atoms with Crippen LogP contribution >= 0.6 is 11.8 Å². The standard InChI is InChI=1S/C10H21N3OS/c1-7(10(11)13-14)12-8-3-5-9(15-2)6-4-8/h7-9,12,14H,3-6H2,1-2H3,(H2,11,13). The third kappa shape index (κ3) is 3.91. The van der Waals surface area contributed by atoms with Crippen molar-refractivity contribution in [3.05, 3.63) is 0 Å². The average molecular weight is 231 g/mol. The number of hydrogen-bond donors (Lipinski definition) is 3. The fourth-order valence-corrected chi connectivity index (χ4v) is 2.73. The lowest BCUT2D eigenvalue weighted by Crippen LogP contribution is -2.46. The molecule has 0 aromatic rings. The van der Waals surface area contributed by atoms with E-state index in [1.807, 2.05) is 18.7 Å². The predicted molar refractivity (Wildman–Crippen MR) is 65.6 cm³/mol. The lowest BCUT2D eigenvalue weighted by atomic mass is 9.94. The van der Waals surface area contributed by atoms with Crippen LogP contribution in [0.15, 0.2) is 5.16 Å². The largest absolute Gasteiger partial charge is 0.409 e. The zero-order valence-corrected chi connectivity index (χ0v) is 10.3. The molecule has 15 heavy (non-hydrogen) atoms. The van der Waals surface area contributed by atoms with Crippen LogP contribution in [0.3, 0.4) is 0 Å². The molecular weight excluding hydrogens is 210 g/mol. The molecule has 0 radical (unpaired) electrons. The minimum atomic E-state index is -0.0363. The summed E-state index contributed by atoms with van der Waals surface area (Å²) in [5.74, 6) is 0.266. The summed E-state index contributed by atoms with van der Waals surface area (Å²) < 4.78 is 0. The molecule has 4 nitrogen and oxygen atoms in total. The van der Waals surface area contributed by atoms with Crippen LogP contribution in [-0.2, 0) is 0 Å². The zero-order valence-electron chi connectivity index (χ0n) is 9.44. The van der Waals surface area contributed by atoms with Crippen LogP contribution in [-0.4, -0.2) is 34.6 Å². The van der Waals surface area contributed by atoms with Crippen LogP contribution in [0.25, 0.3) is 0 Å². The number of thioether (sulfide) groups is 1. The van der Waals surface area contributed by atoms with Gasteiger partial charge in [0.2, 0.25) is 0 Å². The van der Waals surface area contributed by atoms with Crippen molar-refractivity contribution in [1.82, 2.24) is 5.32 Å². The summed E-state index contributed by atoms with van der Waals surface area (Å²) >= 11 is 1.96. The minimum absolute atomic E-state index is 0.0363. The van der Waals surface area contributed by atoms with Gasteiger partial charge in [-0.05, 0) is 38.9 Å². The summed E-state index contributed by atoms with van der Waals surface area (Å²) in [7, 11) is 0. The first-order valence-electron chi connectivity index (χ1n) is 5.43. The predicted octanol–water partition coefficient (Wildman–Crippen LogP) is 1.39. The van der Waals surface area contributed by atoms with Gasteiger partial charge in [-0.2, -0.15) is 11.8 Å². The van der Waals surface area contributed by atoms with Gasteiger partial charge in [-0.15, -0.1) is 0 Å². The molecule has 0 amide bonds. The van der Waals surface area contributed by atoms with Crippen molar-refractivity contribution in [2.75, 3.05) is 6.26 Å². The van der Waals surface area contributed by atoms with Gasteiger partial charge in [-0.1, -0.05) is 5.16 Å². The molecule has 4 N–H and O–H groups in total. The van der Waals surface area contributed by atoms with Gasteiger partial charge in [0.15, 0.2) is 5.84 Å². The lowest BCUT2D eigenvalue weighted by Gasteiger charge is -2.30. The van der Waals surface area contributed by atoms with Gasteiger partial charge in [0, 0.05) is 11.3 Å². The summed E-state index contributed by atoms with van der Waals surface area (Å²) in [6.07, 6.45) is 7.09. The maximum atomic E-state index is 8.53. The molecule has 0 aromatic carbocycles. The molecule has 0 bridgehead atoms. The molecule has 1 rings (SSSR count). The third-order valence-electron chi connectivity index (χ3n) is 3.05. The number of nitrogens with one attached hydrogen (secondary N) is 1. The third-order valence-corrected chi connectivity index (χ3v) is 4.19. The van der Waals surface area contributed by atoms with E-state index in [0.717, 1.165) is 5.25 Å². The van der Waals surface area contributed by atoms with Gasteiger partial charge in [-0.25, -0.2) is 0 Å². The second-order valence-electron chi connectivity index (χ2n) is 4.12. The second kappa shape index (κ2) is 6.23. The summed E-state index contributed by atoms with van der Waals surface area (Å²) in [4.78, 5) is 0. The molecule has 0 heterocycles. The first-order chi connectivity index (χ1) is 7.17. The number of nitrogens with two attached hydrogens (primary N) is 1. The van der Waals surface area contributed by atoms with Crippen molar-refractivity contribution >= 4 is 17.6 Å². The quantitative estimate of drug-likeness (QED) is 0.296. The highest BCUT2D eigenvalue weighted by molar-refractivity contribution is 7.99. The number of oxime groups is 1. The van der Waals surface area contributed by atoms with Gasteiger partial charge < -0.3 is 16.3 Å². The van der Waals surface area contributed by atoms with Gasteiger partial charge in [0.1, 0.15) is 0 Å². The van der Waals surface area contributed by atoms with Gasteiger partial charge in [0.05, 0.1) is 6.04 Å². The molecule has 1 unspecified atom stereocenters. The average Bonchev–Trinajstić information content (AvgIpc) is 2.29. The fourth-order valence-electron chi connectivity index (χ4n) is 1.99. The Balaban J connectivity index is 2.29. The molecule has 1 atom stereocenters. The molecule has 5 heteroatoms. The Morgan fingerprint density at radius 2 is 2.07 bits per heavy atom. The number of nitrogens with zero attached hydrogens (tertiary/aromatic N) is 1. The Kier molecular flexibility index (Phi) is 5.25. The molecule has 1 aliphatic rings. The normalized spacial score (nSPS) is 30.1. The van der Waals surface area contributed by atoms with Gasteiger partial charge >= 0.3 is 0 Å². The highest BCUT2D eigenvalue weighted by atomic mass is 32.2. The molecule has 1 fully saturated rings. The van der Waals surface area contributed by atoms with E-state index >= 15 is 0 Å². The second-order valence-corrected chi connectivity index (χ2v) is 5.26. The SMILES string of the molecule is CSC1CCC(NC(C)C(N)=NO)CC1. The first kappa shape index (κ1) is 12.6. The fraction of sp³-hybridized carbons (Fsp3) is 0.900. The van der Waals surface area contributed by atoms with Crippen LogP contribution < -0.4 is 11.1 Å². The highest BCUT2D eigenvalue weighted by Gasteiger charge is 2.22. The van der Waals surface area contributed by atoms with Crippen molar-refractivity contribution in [3.63, 3.8) is 0 Å². The van der Waals surface area contributed by atoms with Gasteiger partial charge in [-0.3, -0.25) is 0 Å². The number of hydrogen-bond acceptors (Lipinski definition) is 4. The van der Waals surface area contributed by atoms with E-state index in [1.54, 1.807) is 0 Å². The minimum Gasteiger partial charge on any atom is -0.409 e. The van der Waals surface area contributed by atoms with Crippen LogP contribution in [0.1, 0.15) is 32.6 Å². The van der Waals surface area contributed by atoms with Crippen molar-refractivity contribution < 1.29 is 5.21 Å². The Hall–Kier alpha value is -0.420. The molecule has 1 saturated carbocycles. The maximum Gasteiger partial charge on any atom is 0.156 e. The zero-order chi connectivity index (χ0) is 11.3. The molecule has 0 aromatic heterocycles. The smallest absolute Gasteiger partial charge is 0.156 e. The Morgan fingerprint density at radius 3 is 2.53 bits per heavy atom. The van der Waals surface area contributed by atoms with Crippen molar-refractivity contribution in [2.45, 2.75) is 49.9 Å². The van der Waals surface area contributed by atoms with Crippen LogP contribution in [0.4, 0.5) is 0 Å². The summed E-state index contributed by atoms with van der Waals surface area (Å²) in [6, 6.07) is 0.481. The van der Waals surface area contributed by atoms with Crippen LogP contribution in [0, 0.1) is 0 Å². The summed E-state index contributed by atoms with van der Waals surface area (Å²) in [6.45, 7) is 1.93. The number of amidine groups is 1. The van der Waals surface area contributed by atoms with Crippen LogP contribution in [0.2, 0.25) is 0 Å². The Morgan fingerprint density at radius 1 is 1.47 bits per heavy atom. The molecule has 88 valence electrons. The molecular formula is C10H21N3OS. The van der Waals surface area contributed by atoms with Crippen molar-refractivity contribution in [1.29, 1.82) is 0 Å². The number of rotatable bonds is 4. The van der Waals surface area contributed by atoms with E-state index in [4.69, 9.17) is 10.9 Å². The van der Waals surface area contributed by atoms with Crippen molar-refractivity contribution in [3.8, 4) is 0 Å². The van der Waals surface area contributed by atoms with E-state index in [1.165, 1.54) is 25.7 Å². The lowest BCUT2D eigenvalue weighted by molar-refractivity contribution is 0.311. The Bertz CT molecular complexity index is 215. The van der Waals surface area contributed by atoms with Crippen molar-refractivity contribution in [2.24, 2.45) is 10.9 Å². The van der Waals surface area contributed by atoms with E-state index in [-0.39, 0.29) is 11.9 Å². The van der Waals surface area contributed by atoms with E-state index in [9.17, 15) is 0 Å². The van der Waals surface area contributed by atoms with E-state index < -0.39 is 0 Å². The first-order valence-corrected chi connectivity index (χ1v) is 6.72. The van der Waals surface area contributed by atoms with E-state index in [0.29, 0.717) is 6.04 Å². The molecule has 0 spiro atoms. The molecule has 0 saturated heterocycles. The molecule has 0 aliphatic heterocycles. The monoisotopic (exact) mass is 231 g/mol. The highest BCUT2D eigenvalue weighted by Crippen LogP contribution is 2.26. The molecule has 1 aliphatic carbocycles. The maximum absolute atomic E-state index is 8.53. The van der Waals surface area contributed by atoms with E-state index in [2.05, 4.69) is 16.7 Å². The Labute approximate surface area is 95.7 Å². The van der Waals surface area contributed by atoms with Gasteiger partial charge in [0.25, 0.3) is 0 Å².